The Kier molecular flexibility index (Phi) is 5.69. The molecule has 0 saturated carbocycles. The number of H-pyrrole nitrogens is 1. The number of imidazole rings is 1. The first-order chi connectivity index (χ1) is 13.6. The minimum absolute atomic E-state index is 0.0260. The SMILES string of the molecule is O=c1[nH]c2ccccc2n1C1CCN(C(=S)NCCc2cccc(Cl)c2)CC1. The number of thiocarbonyl (C=S) groups is 1. The van der Waals surface area contributed by atoms with Crippen molar-refractivity contribution in [1.29, 1.82) is 0 Å². The van der Waals surface area contributed by atoms with Crippen molar-refractivity contribution in [3.63, 3.8) is 0 Å². The maximum atomic E-state index is 12.4. The molecule has 0 radical (unpaired) electrons. The summed E-state index contributed by atoms with van der Waals surface area (Å²) < 4.78 is 1.91. The molecule has 2 aromatic carbocycles. The zero-order chi connectivity index (χ0) is 19.5. The van der Waals surface area contributed by atoms with Crippen molar-refractivity contribution in [1.82, 2.24) is 19.8 Å². The Morgan fingerprint density at radius 2 is 1.96 bits per heavy atom. The number of likely N-dealkylation sites (tertiary alicyclic amines) is 1. The lowest BCUT2D eigenvalue weighted by Gasteiger charge is -2.34. The molecule has 4 rings (SSSR count). The van der Waals surface area contributed by atoms with Crippen LogP contribution in [-0.4, -0.2) is 39.2 Å². The van der Waals surface area contributed by atoms with Gasteiger partial charge in [0, 0.05) is 30.7 Å². The Labute approximate surface area is 174 Å². The highest BCUT2D eigenvalue weighted by molar-refractivity contribution is 7.80. The molecule has 0 spiro atoms. The second-order valence-corrected chi connectivity index (χ2v) is 7.97. The molecule has 0 atom stereocenters. The van der Waals surface area contributed by atoms with E-state index in [-0.39, 0.29) is 11.7 Å². The smallest absolute Gasteiger partial charge is 0.326 e. The molecule has 2 heterocycles. The van der Waals surface area contributed by atoms with Gasteiger partial charge in [0.15, 0.2) is 5.11 Å². The van der Waals surface area contributed by atoms with Crippen LogP contribution in [-0.2, 0) is 6.42 Å². The summed E-state index contributed by atoms with van der Waals surface area (Å²) in [6.07, 6.45) is 2.68. The quantitative estimate of drug-likeness (QED) is 0.638. The number of rotatable bonds is 4. The number of nitrogens with one attached hydrogen (secondary N) is 2. The van der Waals surface area contributed by atoms with E-state index in [2.05, 4.69) is 21.3 Å². The number of hydrogen-bond acceptors (Lipinski definition) is 2. The van der Waals surface area contributed by atoms with Crippen LogP contribution in [0.25, 0.3) is 11.0 Å². The molecular weight excluding hydrogens is 392 g/mol. The summed E-state index contributed by atoms with van der Waals surface area (Å²) >= 11 is 11.6. The molecule has 3 aromatic rings. The largest absolute Gasteiger partial charge is 0.362 e. The van der Waals surface area contributed by atoms with Crippen molar-refractivity contribution in [2.75, 3.05) is 19.6 Å². The second-order valence-electron chi connectivity index (χ2n) is 7.15. The zero-order valence-corrected chi connectivity index (χ0v) is 17.1. The maximum Gasteiger partial charge on any atom is 0.326 e. The Bertz CT molecular complexity index is 1040. The molecule has 0 amide bonds. The van der Waals surface area contributed by atoms with Gasteiger partial charge in [-0.2, -0.15) is 0 Å². The van der Waals surface area contributed by atoms with E-state index in [1.807, 2.05) is 47.0 Å². The van der Waals surface area contributed by atoms with Crippen molar-refractivity contribution in [3.8, 4) is 0 Å². The van der Waals surface area contributed by atoms with Crippen molar-refractivity contribution in [3.05, 3.63) is 69.6 Å². The third-order valence-corrected chi connectivity index (χ3v) is 5.96. The third kappa shape index (κ3) is 4.08. The molecule has 2 N–H and O–H groups in total. The van der Waals surface area contributed by atoms with E-state index in [0.717, 1.165) is 60.1 Å². The highest BCUT2D eigenvalue weighted by Crippen LogP contribution is 2.24. The summed E-state index contributed by atoms with van der Waals surface area (Å²) in [4.78, 5) is 17.5. The lowest BCUT2D eigenvalue weighted by atomic mass is 10.0. The van der Waals surface area contributed by atoms with Gasteiger partial charge < -0.3 is 15.2 Å². The molecule has 28 heavy (non-hydrogen) atoms. The van der Waals surface area contributed by atoms with Gasteiger partial charge in [0.05, 0.1) is 11.0 Å². The Morgan fingerprint density at radius 3 is 2.75 bits per heavy atom. The number of fused-ring (bicyclic) bond motifs is 1. The molecular formula is C21H23ClN4OS. The van der Waals surface area contributed by atoms with Crippen LogP contribution in [0.15, 0.2) is 53.3 Å². The van der Waals surface area contributed by atoms with E-state index in [1.54, 1.807) is 0 Å². The first kappa shape index (κ1) is 19.0. The number of aromatic nitrogens is 2. The molecule has 1 aliphatic heterocycles. The summed E-state index contributed by atoms with van der Waals surface area (Å²) in [6.45, 7) is 2.47. The molecule has 1 aliphatic rings. The molecule has 1 fully saturated rings. The van der Waals surface area contributed by atoms with E-state index >= 15 is 0 Å². The maximum absolute atomic E-state index is 12.4. The number of nitrogens with zero attached hydrogens (tertiary/aromatic N) is 2. The van der Waals surface area contributed by atoms with Gasteiger partial charge >= 0.3 is 5.69 Å². The first-order valence-corrected chi connectivity index (χ1v) is 10.4. The van der Waals surface area contributed by atoms with Gasteiger partial charge in [-0.15, -0.1) is 0 Å². The first-order valence-electron chi connectivity index (χ1n) is 9.58. The van der Waals surface area contributed by atoms with Crippen molar-refractivity contribution >= 4 is 40.0 Å². The lowest BCUT2D eigenvalue weighted by Crippen LogP contribution is -2.45. The van der Waals surface area contributed by atoms with Crippen molar-refractivity contribution in [2.24, 2.45) is 0 Å². The van der Waals surface area contributed by atoms with E-state index in [9.17, 15) is 4.79 Å². The number of halogens is 1. The van der Waals surface area contributed by atoms with Crippen LogP contribution in [0.3, 0.4) is 0 Å². The van der Waals surface area contributed by atoms with Crippen LogP contribution in [0.4, 0.5) is 0 Å². The Morgan fingerprint density at radius 1 is 1.18 bits per heavy atom. The standard InChI is InChI=1S/C21H23ClN4OS/c22-16-5-3-4-15(14-16)8-11-23-21(28)25-12-9-17(10-13-25)26-19-7-2-1-6-18(19)24-20(26)27/h1-7,14,17H,8-13H2,(H,23,28)(H,24,27). The van der Waals surface area contributed by atoms with Gasteiger partial charge in [-0.05, 0) is 61.3 Å². The minimum atomic E-state index is -0.0260. The van der Waals surface area contributed by atoms with Gasteiger partial charge in [0.2, 0.25) is 0 Å². The predicted molar refractivity (Wildman–Crippen MR) is 118 cm³/mol. The molecule has 0 bridgehead atoms. The highest BCUT2D eigenvalue weighted by Gasteiger charge is 2.24. The molecule has 7 heteroatoms. The third-order valence-electron chi connectivity index (χ3n) is 5.32. The van der Waals surface area contributed by atoms with Crippen LogP contribution in [0.1, 0.15) is 24.4 Å². The summed E-state index contributed by atoms with van der Waals surface area (Å²) in [5.74, 6) is 0. The summed E-state index contributed by atoms with van der Waals surface area (Å²) in [5, 5.41) is 4.89. The second kappa shape index (κ2) is 8.37. The van der Waals surface area contributed by atoms with Gasteiger partial charge in [0.1, 0.15) is 0 Å². The van der Waals surface area contributed by atoms with Gasteiger partial charge in [-0.1, -0.05) is 35.9 Å². The fraction of sp³-hybridized carbons (Fsp3) is 0.333. The van der Waals surface area contributed by atoms with Crippen LogP contribution in [0.2, 0.25) is 5.02 Å². The predicted octanol–water partition coefficient (Wildman–Crippen LogP) is 3.74. The van der Waals surface area contributed by atoms with Gasteiger partial charge in [0.25, 0.3) is 0 Å². The Balaban J connectivity index is 1.31. The number of benzene rings is 2. The number of hydrogen-bond donors (Lipinski definition) is 2. The van der Waals surface area contributed by atoms with Crippen LogP contribution < -0.4 is 11.0 Å². The normalized spacial score (nSPS) is 15.1. The summed E-state index contributed by atoms with van der Waals surface area (Å²) in [5.41, 5.74) is 3.04. The molecule has 1 saturated heterocycles. The lowest BCUT2D eigenvalue weighted by molar-refractivity contribution is 0.265. The fourth-order valence-electron chi connectivity index (χ4n) is 3.88. The minimum Gasteiger partial charge on any atom is -0.362 e. The van der Waals surface area contributed by atoms with Gasteiger partial charge in [-0.25, -0.2) is 4.79 Å². The fourth-order valence-corrected chi connectivity index (χ4v) is 4.38. The van der Waals surface area contributed by atoms with E-state index in [1.165, 1.54) is 5.56 Å². The monoisotopic (exact) mass is 414 g/mol. The highest BCUT2D eigenvalue weighted by atomic mass is 35.5. The number of piperidine rings is 1. The average Bonchev–Trinajstić information content (AvgIpc) is 3.04. The zero-order valence-electron chi connectivity index (χ0n) is 15.5. The van der Waals surface area contributed by atoms with Crippen LogP contribution in [0, 0.1) is 0 Å². The van der Waals surface area contributed by atoms with E-state index < -0.39 is 0 Å². The number of para-hydroxylation sites is 2. The van der Waals surface area contributed by atoms with E-state index in [4.69, 9.17) is 23.8 Å². The number of aromatic amines is 1. The molecule has 5 nitrogen and oxygen atoms in total. The topological polar surface area (TPSA) is 53.1 Å². The van der Waals surface area contributed by atoms with E-state index in [0.29, 0.717) is 0 Å². The van der Waals surface area contributed by atoms with Crippen LogP contribution in [0.5, 0.6) is 0 Å². The molecule has 1 aromatic heterocycles. The molecule has 0 unspecified atom stereocenters. The Hall–Kier alpha value is -2.31. The van der Waals surface area contributed by atoms with Crippen molar-refractivity contribution in [2.45, 2.75) is 25.3 Å². The molecule has 146 valence electrons. The van der Waals surface area contributed by atoms with Gasteiger partial charge in [-0.3, -0.25) is 4.57 Å². The summed E-state index contributed by atoms with van der Waals surface area (Å²) in [7, 11) is 0. The molecule has 0 aliphatic carbocycles. The average molecular weight is 415 g/mol. The van der Waals surface area contributed by atoms with Crippen molar-refractivity contribution < 1.29 is 0 Å². The summed E-state index contributed by atoms with van der Waals surface area (Å²) in [6, 6.07) is 16.0. The van der Waals surface area contributed by atoms with Crippen LogP contribution >= 0.6 is 23.8 Å².